The molecule has 0 fully saturated rings. The van der Waals surface area contributed by atoms with Gasteiger partial charge >= 0.3 is 0 Å². The van der Waals surface area contributed by atoms with Gasteiger partial charge < -0.3 is 10.2 Å². The zero-order chi connectivity index (χ0) is 24.5. The standard InChI is InChI=1S/C26H34N6O2/c1-4-21-11-10-20(15-27)14-24(21)32(13-12-28-5-2)26(34)17-29-16-25(33)30(3)31-18-22-8-6-7-9-23(22)19-31/h6-11,14,28-29H,4-5,12-13,16-19H2,1-3H3. The van der Waals surface area contributed by atoms with Crippen LogP contribution in [0.25, 0.3) is 0 Å². The number of nitrogens with one attached hydrogen (secondary N) is 2. The van der Waals surface area contributed by atoms with E-state index in [2.05, 4.69) is 28.8 Å². The number of benzene rings is 2. The van der Waals surface area contributed by atoms with Crippen molar-refractivity contribution in [2.24, 2.45) is 0 Å². The average molecular weight is 463 g/mol. The Morgan fingerprint density at radius 2 is 1.71 bits per heavy atom. The summed E-state index contributed by atoms with van der Waals surface area (Å²) in [6.45, 7) is 7.47. The highest BCUT2D eigenvalue weighted by Crippen LogP contribution is 2.24. The van der Waals surface area contributed by atoms with Gasteiger partial charge in [0.15, 0.2) is 0 Å². The molecule has 180 valence electrons. The minimum Gasteiger partial charge on any atom is -0.315 e. The van der Waals surface area contributed by atoms with Crippen LogP contribution in [-0.4, -0.2) is 61.6 Å². The molecule has 2 aromatic carbocycles. The number of hydrogen-bond donors (Lipinski definition) is 2. The predicted molar refractivity (Wildman–Crippen MR) is 133 cm³/mol. The number of likely N-dealkylation sites (N-methyl/N-ethyl adjacent to an activating group) is 2. The van der Waals surface area contributed by atoms with Crippen LogP contribution in [0.5, 0.6) is 0 Å². The van der Waals surface area contributed by atoms with Crippen molar-refractivity contribution in [1.29, 1.82) is 5.26 Å². The number of hydrazine groups is 1. The van der Waals surface area contributed by atoms with Gasteiger partial charge in [0.1, 0.15) is 0 Å². The minimum atomic E-state index is -0.133. The van der Waals surface area contributed by atoms with Crippen LogP contribution >= 0.6 is 0 Å². The van der Waals surface area contributed by atoms with Gasteiger partial charge in [0.05, 0.1) is 24.7 Å². The van der Waals surface area contributed by atoms with Crippen molar-refractivity contribution in [3.8, 4) is 6.07 Å². The Morgan fingerprint density at radius 1 is 1.03 bits per heavy atom. The Labute approximate surface area is 202 Å². The summed E-state index contributed by atoms with van der Waals surface area (Å²) in [5.74, 6) is -0.229. The second kappa shape index (κ2) is 12.3. The van der Waals surface area contributed by atoms with E-state index in [1.54, 1.807) is 29.1 Å². The molecule has 34 heavy (non-hydrogen) atoms. The molecular formula is C26H34N6O2. The Balaban J connectivity index is 1.60. The maximum atomic E-state index is 13.2. The van der Waals surface area contributed by atoms with Crippen LogP contribution < -0.4 is 15.5 Å². The first-order chi connectivity index (χ1) is 16.5. The minimum absolute atomic E-state index is 0.0336. The van der Waals surface area contributed by atoms with Gasteiger partial charge in [0, 0.05) is 38.9 Å². The third kappa shape index (κ3) is 6.20. The van der Waals surface area contributed by atoms with Gasteiger partial charge in [0.25, 0.3) is 5.91 Å². The molecule has 0 aliphatic carbocycles. The molecule has 1 heterocycles. The van der Waals surface area contributed by atoms with Gasteiger partial charge in [-0.1, -0.05) is 44.2 Å². The lowest BCUT2D eigenvalue weighted by Crippen LogP contribution is -2.47. The van der Waals surface area contributed by atoms with E-state index in [1.807, 2.05) is 37.1 Å². The monoisotopic (exact) mass is 462 g/mol. The number of rotatable bonds is 11. The molecule has 0 unspecified atom stereocenters. The predicted octanol–water partition coefficient (Wildman–Crippen LogP) is 2.04. The molecule has 2 amide bonds. The Morgan fingerprint density at radius 3 is 2.32 bits per heavy atom. The highest BCUT2D eigenvalue weighted by molar-refractivity contribution is 5.96. The molecule has 1 aliphatic rings. The number of carbonyl (C=O) groups excluding carboxylic acids is 2. The highest BCUT2D eigenvalue weighted by Gasteiger charge is 2.25. The summed E-state index contributed by atoms with van der Waals surface area (Å²) in [6, 6.07) is 15.8. The number of aryl methyl sites for hydroxylation is 1. The second-order valence-electron chi connectivity index (χ2n) is 8.32. The van der Waals surface area contributed by atoms with Crippen molar-refractivity contribution in [2.75, 3.05) is 44.7 Å². The van der Waals surface area contributed by atoms with E-state index in [0.29, 0.717) is 31.7 Å². The van der Waals surface area contributed by atoms with Crippen LogP contribution in [0.2, 0.25) is 0 Å². The molecule has 0 spiro atoms. The van der Waals surface area contributed by atoms with Crippen molar-refractivity contribution in [2.45, 2.75) is 33.4 Å². The molecule has 8 heteroatoms. The molecule has 0 saturated carbocycles. The number of hydrogen-bond acceptors (Lipinski definition) is 6. The zero-order valence-corrected chi connectivity index (χ0v) is 20.3. The number of fused-ring (bicyclic) bond motifs is 1. The number of amides is 2. The fourth-order valence-corrected chi connectivity index (χ4v) is 4.10. The van der Waals surface area contributed by atoms with E-state index < -0.39 is 0 Å². The Hall–Kier alpha value is -3.25. The Bertz CT molecular complexity index is 1020. The van der Waals surface area contributed by atoms with Crippen LogP contribution in [0, 0.1) is 11.3 Å². The molecule has 2 N–H and O–H groups in total. The first-order valence-electron chi connectivity index (χ1n) is 11.8. The quantitative estimate of drug-likeness (QED) is 0.497. The largest absolute Gasteiger partial charge is 0.315 e. The molecular weight excluding hydrogens is 428 g/mol. The molecule has 0 radical (unpaired) electrons. The summed E-state index contributed by atoms with van der Waals surface area (Å²) in [4.78, 5) is 27.6. The van der Waals surface area contributed by atoms with E-state index in [4.69, 9.17) is 0 Å². The topological polar surface area (TPSA) is 91.7 Å². The maximum Gasteiger partial charge on any atom is 0.250 e. The molecule has 0 atom stereocenters. The lowest BCUT2D eigenvalue weighted by Gasteiger charge is -2.28. The second-order valence-corrected chi connectivity index (χ2v) is 8.32. The average Bonchev–Trinajstić information content (AvgIpc) is 3.30. The fraction of sp³-hybridized carbons (Fsp3) is 0.423. The van der Waals surface area contributed by atoms with Crippen molar-refractivity contribution >= 4 is 17.5 Å². The van der Waals surface area contributed by atoms with Crippen LogP contribution in [0.3, 0.4) is 0 Å². The number of nitriles is 1. The van der Waals surface area contributed by atoms with Crippen molar-refractivity contribution in [3.05, 3.63) is 64.7 Å². The van der Waals surface area contributed by atoms with Gasteiger partial charge in [-0.15, -0.1) is 0 Å². The molecule has 3 rings (SSSR count). The summed E-state index contributed by atoms with van der Waals surface area (Å²) >= 11 is 0. The zero-order valence-electron chi connectivity index (χ0n) is 20.3. The summed E-state index contributed by atoms with van der Waals surface area (Å²) < 4.78 is 0. The van der Waals surface area contributed by atoms with E-state index in [9.17, 15) is 14.9 Å². The SMILES string of the molecule is CCNCCN(C(=O)CNCC(=O)N(C)N1Cc2ccccc2C1)c1cc(C#N)ccc1CC. The molecule has 0 saturated heterocycles. The molecule has 0 bridgehead atoms. The van der Waals surface area contributed by atoms with Gasteiger partial charge in [-0.25, -0.2) is 5.01 Å². The lowest BCUT2D eigenvalue weighted by atomic mass is 10.1. The number of nitrogens with zero attached hydrogens (tertiary/aromatic N) is 4. The molecule has 2 aromatic rings. The fourth-order valence-electron chi connectivity index (χ4n) is 4.10. The van der Waals surface area contributed by atoms with Crippen molar-refractivity contribution in [1.82, 2.24) is 20.7 Å². The number of anilines is 1. The summed E-state index contributed by atoms with van der Waals surface area (Å²) in [6.07, 6.45) is 0.751. The van der Waals surface area contributed by atoms with Gasteiger partial charge in [-0.05, 0) is 41.8 Å². The summed E-state index contributed by atoms with van der Waals surface area (Å²) in [5.41, 5.74) is 4.74. The van der Waals surface area contributed by atoms with E-state index in [0.717, 1.165) is 24.2 Å². The molecule has 8 nitrogen and oxygen atoms in total. The van der Waals surface area contributed by atoms with Crippen LogP contribution in [0.1, 0.15) is 36.1 Å². The third-order valence-corrected chi connectivity index (χ3v) is 6.11. The third-order valence-electron chi connectivity index (χ3n) is 6.11. The van der Waals surface area contributed by atoms with Gasteiger partial charge in [-0.2, -0.15) is 5.26 Å². The highest BCUT2D eigenvalue weighted by atomic mass is 16.2. The Kier molecular flexibility index (Phi) is 9.16. The lowest BCUT2D eigenvalue weighted by molar-refractivity contribution is -0.145. The van der Waals surface area contributed by atoms with Crippen LogP contribution in [-0.2, 0) is 29.1 Å². The van der Waals surface area contributed by atoms with Crippen LogP contribution in [0.4, 0.5) is 5.69 Å². The van der Waals surface area contributed by atoms with E-state index >= 15 is 0 Å². The van der Waals surface area contributed by atoms with Gasteiger partial charge in [-0.3, -0.25) is 19.9 Å². The van der Waals surface area contributed by atoms with Gasteiger partial charge in [0.2, 0.25) is 5.91 Å². The summed E-state index contributed by atoms with van der Waals surface area (Å²) in [5, 5.41) is 19.2. The van der Waals surface area contributed by atoms with E-state index in [-0.39, 0.29) is 24.9 Å². The maximum absolute atomic E-state index is 13.2. The smallest absolute Gasteiger partial charge is 0.250 e. The molecule has 1 aliphatic heterocycles. The summed E-state index contributed by atoms with van der Waals surface area (Å²) in [7, 11) is 1.77. The first-order valence-corrected chi connectivity index (χ1v) is 11.8. The number of carbonyl (C=O) groups is 2. The van der Waals surface area contributed by atoms with E-state index in [1.165, 1.54) is 11.1 Å². The van der Waals surface area contributed by atoms with Crippen molar-refractivity contribution in [3.63, 3.8) is 0 Å². The van der Waals surface area contributed by atoms with Crippen LogP contribution in [0.15, 0.2) is 42.5 Å². The van der Waals surface area contributed by atoms with Crippen molar-refractivity contribution < 1.29 is 9.59 Å². The first kappa shape index (κ1) is 25.4. The normalized spacial score (nSPS) is 12.8. The molecule has 0 aromatic heterocycles.